The number of nitrogens with zero attached hydrogens (tertiary/aromatic N) is 1. The predicted molar refractivity (Wildman–Crippen MR) is 123 cm³/mol. The first-order chi connectivity index (χ1) is 14.5. The first-order valence-corrected chi connectivity index (χ1v) is 11.6. The summed E-state index contributed by atoms with van der Waals surface area (Å²) >= 11 is 3.42. The van der Waals surface area contributed by atoms with Gasteiger partial charge in [0.25, 0.3) is 11.8 Å². The second-order valence-corrected chi connectivity index (χ2v) is 9.21. The van der Waals surface area contributed by atoms with Crippen LogP contribution in [0.15, 0.2) is 46.9 Å². The zero-order valence-corrected chi connectivity index (χ0v) is 18.9. The minimum absolute atomic E-state index is 0.0661. The van der Waals surface area contributed by atoms with Crippen LogP contribution >= 0.6 is 15.9 Å². The maximum Gasteiger partial charge on any atom is 0.255 e. The van der Waals surface area contributed by atoms with Crippen molar-refractivity contribution in [2.45, 2.75) is 51.1 Å². The van der Waals surface area contributed by atoms with Crippen LogP contribution in [0.4, 0.5) is 5.69 Å². The first-order valence-electron chi connectivity index (χ1n) is 10.8. The van der Waals surface area contributed by atoms with E-state index in [0.29, 0.717) is 31.5 Å². The van der Waals surface area contributed by atoms with E-state index in [2.05, 4.69) is 45.6 Å². The van der Waals surface area contributed by atoms with E-state index < -0.39 is 5.66 Å². The number of anilines is 1. The van der Waals surface area contributed by atoms with Gasteiger partial charge in [-0.3, -0.25) is 9.59 Å². The van der Waals surface area contributed by atoms with E-state index in [1.807, 2.05) is 35.2 Å². The Morgan fingerprint density at radius 2 is 1.80 bits per heavy atom. The Bertz CT molecular complexity index is 934. The number of unbranched alkanes of at least 4 members (excludes halogenated alkanes) is 2. The largest absolute Gasteiger partial charge is 0.362 e. The molecule has 2 amide bonds. The molecule has 30 heavy (non-hydrogen) atoms. The number of nitrogens with one attached hydrogen (secondary N) is 2. The summed E-state index contributed by atoms with van der Waals surface area (Å²) in [6.45, 7) is 3.42. The number of carbonyl (C=O) groups excluding carboxylic acids is 2. The maximum absolute atomic E-state index is 13.0. The van der Waals surface area contributed by atoms with Gasteiger partial charge in [0, 0.05) is 41.7 Å². The molecule has 0 radical (unpaired) electrons. The number of likely N-dealkylation sites (tertiary alicyclic amines) is 1. The lowest BCUT2D eigenvalue weighted by Gasteiger charge is -2.46. The highest BCUT2D eigenvalue weighted by Crippen LogP contribution is 2.33. The lowest BCUT2D eigenvalue weighted by molar-refractivity contribution is 0.0639. The zero-order valence-electron chi connectivity index (χ0n) is 17.3. The first kappa shape index (κ1) is 20.9. The van der Waals surface area contributed by atoms with E-state index in [0.717, 1.165) is 22.1 Å². The lowest BCUT2D eigenvalue weighted by Crippen LogP contribution is -2.62. The average molecular weight is 470 g/mol. The number of rotatable bonds is 5. The Balaban J connectivity index is 1.38. The van der Waals surface area contributed by atoms with E-state index in [9.17, 15) is 9.59 Å². The molecule has 6 heteroatoms. The molecule has 1 fully saturated rings. The Labute approximate surface area is 186 Å². The van der Waals surface area contributed by atoms with Crippen LogP contribution < -0.4 is 10.6 Å². The third-order valence-electron chi connectivity index (χ3n) is 6.13. The van der Waals surface area contributed by atoms with Gasteiger partial charge in [-0.15, -0.1) is 0 Å². The summed E-state index contributed by atoms with van der Waals surface area (Å²) in [5.41, 5.74) is 3.03. The molecule has 2 aliphatic rings. The van der Waals surface area contributed by atoms with E-state index >= 15 is 0 Å². The zero-order chi connectivity index (χ0) is 21.1. The number of carbonyl (C=O) groups is 2. The highest BCUT2D eigenvalue weighted by atomic mass is 79.9. The molecule has 2 N–H and O–H groups in total. The molecular weight excluding hydrogens is 442 g/mol. The van der Waals surface area contributed by atoms with Gasteiger partial charge in [-0.25, -0.2) is 0 Å². The second-order valence-electron chi connectivity index (χ2n) is 8.30. The number of benzene rings is 2. The van der Waals surface area contributed by atoms with Crippen molar-refractivity contribution in [1.82, 2.24) is 10.2 Å². The summed E-state index contributed by atoms with van der Waals surface area (Å²) in [7, 11) is 0. The van der Waals surface area contributed by atoms with Crippen molar-refractivity contribution in [3.8, 4) is 0 Å². The fourth-order valence-corrected chi connectivity index (χ4v) is 4.67. The van der Waals surface area contributed by atoms with E-state index in [1.54, 1.807) is 0 Å². The average Bonchev–Trinajstić information content (AvgIpc) is 2.75. The molecule has 0 aliphatic carbocycles. The summed E-state index contributed by atoms with van der Waals surface area (Å²) in [6.07, 6.45) is 6.06. The minimum Gasteiger partial charge on any atom is -0.362 e. The van der Waals surface area contributed by atoms with Crippen LogP contribution in [-0.4, -0.2) is 35.5 Å². The minimum atomic E-state index is -0.488. The Morgan fingerprint density at radius 1 is 1.07 bits per heavy atom. The van der Waals surface area contributed by atoms with Crippen LogP contribution in [0, 0.1) is 0 Å². The third kappa shape index (κ3) is 4.38. The normalized spacial score (nSPS) is 17.3. The van der Waals surface area contributed by atoms with E-state index in [4.69, 9.17) is 0 Å². The van der Waals surface area contributed by atoms with E-state index in [1.165, 1.54) is 24.8 Å². The van der Waals surface area contributed by atoms with E-state index in [-0.39, 0.29) is 11.8 Å². The summed E-state index contributed by atoms with van der Waals surface area (Å²) in [6, 6.07) is 13.7. The topological polar surface area (TPSA) is 61.4 Å². The van der Waals surface area contributed by atoms with Crippen molar-refractivity contribution in [3.63, 3.8) is 0 Å². The smallest absolute Gasteiger partial charge is 0.255 e. The summed E-state index contributed by atoms with van der Waals surface area (Å²) in [5.74, 6) is -0.0000804. The van der Waals surface area contributed by atoms with Crippen LogP contribution in [0.2, 0.25) is 0 Å². The van der Waals surface area contributed by atoms with Gasteiger partial charge in [-0.05, 0) is 48.7 Å². The Kier molecular flexibility index (Phi) is 6.14. The van der Waals surface area contributed by atoms with Gasteiger partial charge >= 0.3 is 0 Å². The van der Waals surface area contributed by atoms with Crippen molar-refractivity contribution in [1.29, 1.82) is 0 Å². The van der Waals surface area contributed by atoms with Crippen LogP contribution in [-0.2, 0) is 6.42 Å². The summed E-state index contributed by atoms with van der Waals surface area (Å²) < 4.78 is 0.881. The van der Waals surface area contributed by atoms with Crippen LogP contribution in [0.1, 0.15) is 65.3 Å². The highest BCUT2D eigenvalue weighted by Gasteiger charge is 2.41. The number of piperidine rings is 1. The van der Waals surface area contributed by atoms with Crippen LogP contribution in [0.3, 0.4) is 0 Å². The van der Waals surface area contributed by atoms with Gasteiger partial charge in [0.05, 0.1) is 5.56 Å². The fourth-order valence-electron chi connectivity index (χ4n) is 4.30. The van der Waals surface area contributed by atoms with Gasteiger partial charge in [0.1, 0.15) is 5.66 Å². The molecule has 1 saturated heterocycles. The molecule has 0 bridgehead atoms. The molecule has 158 valence electrons. The van der Waals surface area contributed by atoms with Gasteiger partial charge in [0.15, 0.2) is 0 Å². The standard InChI is InChI=1S/C24H28BrN3O2/c1-2-3-4-5-17-6-8-18(9-7-17)23(30)28-14-12-24(13-15-28)26-21-11-10-19(25)16-20(21)22(29)27-24/h6-11,16,26H,2-5,12-15H2,1H3,(H,27,29). The van der Waals surface area contributed by atoms with Gasteiger partial charge in [-0.2, -0.15) is 0 Å². The number of fused-ring (bicyclic) bond motifs is 1. The molecule has 0 aromatic heterocycles. The van der Waals surface area contributed by atoms with Crippen molar-refractivity contribution >= 4 is 33.4 Å². The SMILES string of the molecule is CCCCCc1ccc(C(=O)N2CCC3(CC2)NC(=O)c2cc(Br)ccc2N3)cc1. The number of amides is 2. The molecule has 2 aliphatic heterocycles. The number of aryl methyl sites for hydroxylation is 1. The molecule has 0 unspecified atom stereocenters. The van der Waals surface area contributed by atoms with Crippen molar-refractivity contribution in [3.05, 3.63) is 63.6 Å². The van der Waals surface area contributed by atoms with Crippen molar-refractivity contribution in [2.24, 2.45) is 0 Å². The van der Waals surface area contributed by atoms with Gasteiger partial charge in [-0.1, -0.05) is 47.8 Å². The van der Waals surface area contributed by atoms with Crippen LogP contribution in [0.25, 0.3) is 0 Å². The van der Waals surface area contributed by atoms with Crippen LogP contribution in [0.5, 0.6) is 0 Å². The molecule has 0 saturated carbocycles. The monoisotopic (exact) mass is 469 g/mol. The molecule has 0 atom stereocenters. The third-order valence-corrected chi connectivity index (χ3v) is 6.62. The number of hydrogen-bond acceptors (Lipinski definition) is 3. The van der Waals surface area contributed by atoms with Gasteiger partial charge in [0.2, 0.25) is 0 Å². The molecule has 2 aromatic carbocycles. The second kappa shape index (κ2) is 8.80. The summed E-state index contributed by atoms with van der Waals surface area (Å²) in [4.78, 5) is 27.5. The lowest BCUT2D eigenvalue weighted by atomic mass is 9.92. The molecule has 2 aromatic rings. The highest BCUT2D eigenvalue weighted by molar-refractivity contribution is 9.10. The number of halogens is 1. The summed E-state index contributed by atoms with van der Waals surface area (Å²) in [5, 5.41) is 6.65. The molecular formula is C24H28BrN3O2. The Morgan fingerprint density at radius 3 is 2.50 bits per heavy atom. The molecule has 2 heterocycles. The molecule has 5 nitrogen and oxygen atoms in total. The predicted octanol–water partition coefficient (Wildman–Crippen LogP) is 4.97. The van der Waals surface area contributed by atoms with Crippen molar-refractivity contribution < 1.29 is 9.59 Å². The fraction of sp³-hybridized carbons (Fsp3) is 0.417. The Hall–Kier alpha value is -2.34. The number of hydrogen-bond donors (Lipinski definition) is 2. The molecule has 1 spiro atoms. The van der Waals surface area contributed by atoms with Crippen molar-refractivity contribution in [2.75, 3.05) is 18.4 Å². The quantitative estimate of drug-likeness (QED) is 0.607. The maximum atomic E-state index is 13.0. The van der Waals surface area contributed by atoms with Gasteiger partial charge < -0.3 is 15.5 Å². The molecule has 4 rings (SSSR count).